The first-order chi connectivity index (χ1) is 8.99. The second-order valence-corrected chi connectivity index (χ2v) is 6.19. The Morgan fingerprint density at radius 1 is 1.32 bits per heavy atom. The van der Waals surface area contributed by atoms with Gasteiger partial charge in [-0.05, 0) is 55.7 Å². The van der Waals surface area contributed by atoms with Crippen molar-refractivity contribution in [1.82, 2.24) is 25.5 Å². The molecule has 5 nitrogen and oxygen atoms in total. The van der Waals surface area contributed by atoms with E-state index in [2.05, 4.69) is 60.0 Å². The molecule has 0 amide bonds. The third-order valence-corrected chi connectivity index (χ3v) is 3.33. The van der Waals surface area contributed by atoms with Gasteiger partial charge in [0.2, 0.25) is 0 Å². The lowest BCUT2D eigenvalue weighted by atomic mass is 10.1. The molecule has 1 heterocycles. The number of thioether (sulfide) groups is 1. The van der Waals surface area contributed by atoms with Crippen molar-refractivity contribution >= 4 is 11.8 Å². The fraction of sp³-hybridized carbons (Fsp3) is 0.462. The Labute approximate surface area is 117 Å². The van der Waals surface area contributed by atoms with Crippen LogP contribution in [0.25, 0.3) is 5.69 Å². The lowest BCUT2D eigenvalue weighted by Crippen LogP contribution is -2.35. The minimum atomic E-state index is 0.0396. The first-order valence-electron chi connectivity index (χ1n) is 6.16. The summed E-state index contributed by atoms with van der Waals surface area (Å²) in [7, 11) is 0. The molecule has 0 saturated heterocycles. The van der Waals surface area contributed by atoms with Crippen molar-refractivity contribution in [3.63, 3.8) is 0 Å². The summed E-state index contributed by atoms with van der Waals surface area (Å²) in [4.78, 5) is 1.20. The van der Waals surface area contributed by atoms with E-state index in [0.29, 0.717) is 6.54 Å². The number of nitrogens with zero attached hydrogens (tertiary/aromatic N) is 4. The Bertz CT molecular complexity index is 544. The normalized spacial score (nSPS) is 11.8. The van der Waals surface area contributed by atoms with Crippen LogP contribution in [0.1, 0.15) is 26.6 Å². The van der Waals surface area contributed by atoms with Crippen LogP contribution in [-0.2, 0) is 6.54 Å². The van der Waals surface area contributed by atoms with Gasteiger partial charge in [0.1, 0.15) is 0 Å². The van der Waals surface area contributed by atoms with Gasteiger partial charge >= 0.3 is 0 Å². The van der Waals surface area contributed by atoms with Gasteiger partial charge < -0.3 is 5.32 Å². The van der Waals surface area contributed by atoms with Crippen LogP contribution < -0.4 is 5.32 Å². The van der Waals surface area contributed by atoms with Crippen molar-refractivity contribution in [3.05, 3.63) is 30.1 Å². The van der Waals surface area contributed by atoms with Crippen LogP contribution in [0.3, 0.4) is 0 Å². The molecule has 0 aliphatic carbocycles. The largest absolute Gasteiger partial charge is 0.305 e. The maximum atomic E-state index is 4.08. The van der Waals surface area contributed by atoms with Crippen LogP contribution in [0.2, 0.25) is 0 Å². The topological polar surface area (TPSA) is 55.6 Å². The van der Waals surface area contributed by atoms with Crippen molar-refractivity contribution in [2.45, 2.75) is 37.8 Å². The van der Waals surface area contributed by atoms with Gasteiger partial charge in [0.25, 0.3) is 0 Å². The minimum absolute atomic E-state index is 0.0396. The Balaban J connectivity index is 2.23. The molecule has 2 rings (SSSR count). The third kappa shape index (κ3) is 3.78. The minimum Gasteiger partial charge on any atom is -0.305 e. The summed E-state index contributed by atoms with van der Waals surface area (Å²) in [5.74, 6) is 0.813. The Morgan fingerprint density at radius 3 is 2.79 bits per heavy atom. The van der Waals surface area contributed by atoms with Crippen LogP contribution in [0.4, 0.5) is 0 Å². The number of hydrogen-bond donors (Lipinski definition) is 1. The average molecular weight is 277 g/mol. The van der Waals surface area contributed by atoms with Crippen LogP contribution in [0.15, 0.2) is 29.2 Å². The number of nitrogens with one attached hydrogen (secondary N) is 1. The van der Waals surface area contributed by atoms with Gasteiger partial charge in [0.15, 0.2) is 5.82 Å². The quantitative estimate of drug-likeness (QED) is 0.869. The molecule has 0 fully saturated rings. The molecule has 1 aromatic carbocycles. The monoisotopic (exact) mass is 277 g/mol. The summed E-state index contributed by atoms with van der Waals surface area (Å²) >= 11 is 1.71. The molecular weight excluding hydrogens is 258 g/mol. The molecule has 19 heavy (non-hydrogen) atoms. The molecule has 0 bridgehead atoms. The van der Waals surface area contributed by atoms with Crippen LogP contribution in [-0.4, -0.2) is 32.0 Å². The van der Waals surface area contributed by atoms with E-state index < -0.39 is 0 Å². The smallest absolute Gasteiger partial charge is 0.170 e. The highest BCUT2D eigenvalue weighted by molar-refractivity contribution is 7.98. The SMILES string of the molecule is CSc1cccc(-n2nnnc2CNC(C)(C)C)c1. The zero-order valence-corrected chi connectivity index (χ0v) is 12.5. The molecule has 0 aliphatic rings. The second-order valence-electron chi connectivity index (χ2n) is 5.31. The zero-order chi connectivity index (χ0) is 13.9. The van der Waals surface area contributed by atoms with Crippen molar-refractivity contribution in [2.75, 3.05) is 6.26 Å². The van der Waals surface area contributed by atoms with E-state index in [-0.39, 0.29) is 5.54 Å². The van der Waals surface area contributed by atoms with E-state index in [4.69, 9.17) is 0 Å². The standard InChI is InChI=1S/C13H19N5S/c1-13(2,3)14-9-12-15-16-17-18(12)10-6-5-7-11(8-10)19-4/h5-8,14H,9H2,1-4H3. The molecule has 1 N–H and O–H groups in total. The maximum absolute atomic E-state index is 4.08. The Kier molecular flexibility index (Phi) is 4.21. The zero-order valence-electron chi connectivity index (χ0n) is 11.7. The molecule has 6 heteroatoms. The number of hydrogen-bond acceptors (Lipinski definition) is 5. The highest BCUT2D eigenvalue weighted by Crippen LogP contribution is 2.18. The van der Waals surface area contributed by atoms with Gasteiger partial charge in [-0.15, -0.1) is 16.9 Å². The molecule has 0 radical (unpaired) electrons. The van der Waals surface area contributed by atoms with Crippen molar-refractivity contribution in [1.29, 1.82) is 0 Å². The molecular formula is C13H19N5S. The van der Waals surface area contributed by atoms with Crippen LogP contribution in [0, 0.1) is 0 Å². The predicted octanol–water partition coefficient (Wildman–Crippen LogP) is 2.27. The first-order valence-corrected chi connectivity index (χ1v) is 7.39. The summed E-state index contributed by atoms with van der Waals surface area (Å²) in [5.41, 5.74) is 1.03. The fourth-order valence-electron chi connectivity index (χ4n) is 1.60. The number of benzene rings is 1. The molecule has 102 valence electrons. The maximum Gasteiger partial charge on any atom is 0.170 e. The Morgan fingerprint density at radius 2 is 2.11 bits per heavy atom. The number of tetrazole rings is 1. The number of rotatable bonds is 4. The van der Waals surface area contributed by atoms with Gasteiger partial charge in [-0.25, -0.2) is 0 Å². The van der Waals surface area contributed by atoms with Gasteiger partial charge in [-0.3, -0.25) is 0 Å². The molecule has 2 aromatic rings. The summed E-state index contributed by atoms with van der Waals surface area (Å²) in [5, 5.41) is 15.3. The highest BCUT2D eigenvalue weighted by Gasteiger charge is 2.13. The van der Waals surface area contributed by atoms with Gasteiger partial charge in [-0.1, -0.05) is 6.07 Å². The van der Waals surface area contributed by atoms with E-state index in [1.807, 2.05) is 12.1 Å². The van der Waals surface area contributed by atoms with Gasteiger partial charge in [-0.2, -0.15) is 4.68 Å². The first kappa shape index (κ1) is 14.0. The third-order valence-electron chi connectivity index (χ3n) is 2.61. The summed E-state index contributed by atoms with van der Waals surface area (Å²) in [6.07, 6.45) is 2.06. The summed E-state index contributed by atoms with van der Waals surface area (Å²) in [6.45, 7) is 7.00. The molecule has 0 atom stereocenters. The predicted molar refractivity (Wildman–Crippen MR) is 77.5 cm³/mol. The van der Waals surface area contributed by atoms with Crippen LogP contribution in [0.5, 0.6) is 0 Å². The second kappa shape index (κ2) is 5.71. The summed E-state index contributed by atoms with van der Waals surface area (Å²) in [6, 6.07) is 8.19. The van der Waals surface area contributed by atoms with Crippen molar-refractivity contribution in [2.24, 2.45) is 0 Å². The van der Waals surface area contributed by atoms with Crippen molar-refractivity contribution < 1.29 is 0 Å². The molecule has 1 aromatic heterocycles. The fourth-order valence-corrected chi connectivity index (χ4v) is 2.06. The molecule has 0 aliphatic heterocycles. The van der Waals surface area contributed by atoms with Gasteiger partial charge in [0, 0.05) is 10.4 Å². The molecule has 0 spiro atoms. The lowest BCUT2D eigenvalue weighted by Gasteiger charge is -2.19. The van der Waals surface area contributed by atoms with E-state index >= 15 is 0 Å². The molecule has 0 unspecified atom stereocenters. The Hall–Kier alpha value is -1.40. The van der Waals surface area contributed by atoms with E-state index in [1.165, 1.54) is 4.90 Å². The number of aromatic nitrogens is 4. The van der Waals surface area contributed by atoms with Crippen molar-refractivity contribution in [3.8, 4) is 5.69 Å². The van der Waals surface area contributed by atoms with E-state index in [1.54, 1.807) is 16.4 Å². The average Bonchev–Trinajstić information content (AvgIpc) is 2.84. The lowest BCUT2D eigenvalue weighted by molar-refractivity contribution is 0.415. The highest BCUT2D eigenvalue weighted by atomic mass is 32.2. The van der Waals surface area contributed by atoms with E-state index in [9.17, 15) is 0 Å². The van der Waals surface area contributed by atoms with Crippen LogP contribution >= 0.6 is 11.8 Å². The van der Waals surface area contributed by atoms with E-state index in [0.717, 1.165) is 11.5 Å². The van der Waals surface area contributed by atoms with Gasteiger partial charge in [0.05, 0.1) is 12.2 Å². The summed E-state index contributed by atoms with van der Waals surface area (Å²) < 4.78 is 1.78. The molecule has 0 saturated carbocycles.